The molecule has 5 heteroatoms. The second-order valence-corrected chi connectivity index (χ2v) is 6.94. The molecule has 1 aromatic carbocycles. The molecule has 0 saturated carbocycles. The van der Waals surface area contributed by atoms with E-state index in [-0.39, 0.29) is 11.5 Å². The summed E-state index contributed by atoms with van der Waals surface area (Å²) in [6, 6.07) is 5.41. The standard InChI is InChI=1S/C17H15BrN2O2.C3H8/c1-10(21)15-8-19-9-16(20-15)13-4-2-3-12(13)14-7-11(18)5-6-17(14)22;1-3-2/h5-9,22H,2-4H2,1H3;3H2,1-2H3. The van der Waals surface area contributed by atoms with E-state index in [1.165, 1.54) is 19.5 Å². The van der Waals surface area contributed by atoms with Crippen molar-refractivity contribution in [1.29, 1.82) is 0 Å². The number of phenolic OH excluding ortho intramolecular Hbond substituents is 1. The van der Waals surface area contributed by atoms with Gasteiger partial charge in [-0.2, -0.15) is 0 Å². The van der Waals surface area contributed by atoms with E-state index >= 15 is 0 Å². The molecule has 0 fully saturated rings. The van der Waals surface area contributed by atoms with Gasteiger partial charge in [0.2, 0.25) is 0 Å². The Hall–Kier alpha value is -2.01. The van der Waals surface area contributed by atoms with Crippen LogP contribution in [-0.4, -0.2) is 20.9 Å². The van der Waals surface area contributed by atoms with E-state index in [2.05, 4.69) is 39.7 Å². The zero-order valence-corrected chi connectivity index (χ0v) is 16.4. The maximum absolute atomic E-state index is 11.5. The Bertz CT molecular complexity index is 800. The summed E-state index contributed by atoms with van der Waals surface area (Å²) < 4.78 is 0.919. The van der Waals surface area contributed by atoms with Crippen molar-refractivity contribution in [3.8, 4) is 5.75 Å². The predicted octanol–water partition coefficient (Wildman–Crippen LogP) is 5.66. The largest absolute Gasteiger partial charge is 0.507 e. The number of carbonyl (C=O) groups is 1. The van der Waals surface area contributed by atoms with Gasteiger partial charge >= 0.3 is 0 Å². The number of carbonyl (C=O) groups excluding carboxylic acids is 1. The number of hydrogen-bond acceptors (Lipinski definition) is 4. The van der Waals surface area contributed by atoms with Crippen LogP contribution in [0.15, 0.2) is 35.1 Å². The van der Waals surface area contributed by atoms with E-state index in [0.717, 1.165) is 46.1 Å². The molecular formula is C20H23BrN2O2. The monoisotopic (exact) mass is 402 g/mol. The Kier molecular flexibility index (Phi) is 6.88. The predicted molar refractivity (Wildman–Crippen MR) is 104 cm³/mol. The highest BCUT2D eigenvalue weighted by Crippen LogP contribution is 2.42. The number of aromatic nitrogens is 2. The van der Waals surface area contributed by atoms with Crippen molar-refractivity contribution in [3.05, 3.63) is 52.0 Å². The third kappa shape index (κ3) is 4.75. The number of phenols is 1. The number of Topliss-reactive ketones (excluding diaryl/α,β-unsaturated/α-hetero) is 1. The second-order valence-electron chi connectivity index (χ2n) is 6.02. The molecule has 0 spiro atoms. The first kappa shape index (κ1) is 19.3. The lowest BCUT2D eigenvalue weighted by atomic mass is 9.99. The molecule has 0 saturated heterocycles. The molecule has 1 N–H and O–H groups in total. The van der Waals surface area contributed by atoms with E-state index in [1.807, 2.05) is 12.1 Å². The van der Waals surface area contributed by atoms with Crippen molar-refractivity contribution in [2.45, 2.75) is 46.5 Å². The van der Waals surface area contributed by atoms with Gasteiger partial charge in [-0.1, -0.05) is 36.2 Å². The van der Waals surface area contributed by atoms with Gasteiger partial charge in [-0.15, -0.1) is 0 Å². The number of benzene rings is 1. The van der Waals surface area contributed by atoms with E-state index in [0.29, 0.717) is 5.69 Å². The number of aromatic hydroxyl groups is 1. The van der Waals surface area contributed by atoms with Crippen molar-refractivity contribution in [2.24, 2.45) is 0 Å². The molecule has 4 nitrogen and oxygen atoms in total. The summed E-state index contributed by atoms with van der Waals surface area (Å²) in [7, 11) is 0. The Morgan fingerprint density at radius 1 is 1.20 bits per heavy atom. The molecule has 1 aliphatic carbocycles. The lowest BCUT2D eigenvalue weighted by Gasteiger charge is -2.10. The molecule has 132 valence electrons. The van der Waals surface area contributed by atoms with Crippen LogP contribution in [0.3, 0.4) is 0 Å². The summed E-state index contributed by atoms with van der Waals surface area (Å²) in [5, 5.41) is 10.2. The van der Waals surface area contributed by atoms with Crippen LogP contribution in [0.5, 0.6) is 5.75 Å². The number of allylic oxidation sites excluding steroid dienone is 2. The number of ketones is 1. The molecule has 0 bridgehead atoms. The molecule has 1 heterocycles. The van der Waals surface area contributed by atoms with Crippen LogP contribution in [0, 0.1) is 0 Å². The van der Waals surface area contributed by atoms with E-state index in [9.17, 15) is 9.90 Å². The van der Waals surface area contributed by atoms with Crippen molar-refractivity contribution in [3.63, 3.8) is 0 Å². The average molecular weight is 403 g/mol. The fourth-order valence-electron chi connectivity index (χ4n) is 2.75. The van der Waals surface area contributed by atoms with Crippen molar-refractivity contribution < 1.29 is 9.90 Å². The first-order valence-corrected chi connectivity index (χ1v) is 9.31. The number of nitrogens with zero attached hydrogens (tertiary/aromatic N) is 2. The molecule has 1 aliphatic rings. The van der Waals surface area contributed by atoms with Crippen LogP contribution in [-0.2, 0) is 0 Å². The zero-order chi connectivity index (χ0) is 18.4. The molecular weight excluding hydrogens is 380 g/mol. The second kappa shape index (κ2) is 8.90. The molecule has 0 unspecified atom stereocenters. The Labute approximate surface area is 157 Å². The van der Waals surface area contributed by atoms with Gasteiger partial charge in [0.15, 0.2) is 5.78 Å². The highest BCUT2D eigenvalue weighted by Gasteiger charge is 2.21. The maximum atomic E-state index is 11.5. The van der Waals surface area contributed by atoms with Crippen LogP contribution in [0.2, 0.25) is 0 Å². The minimum absolute atomic E-state index is 0.0974. The quantitative estimate of drug-likeness (QED) is 0.672. The van der Waals surface area contributed by atoms with Crippen molar-refractivity contribution in [1.82, 2.24) is 9.97 Å². The summed E-state index contributed by atoms with van der Waals surface area (Å²) in [5.41, 5.74) is 4.05. The van der Waals surface area contributed by atoms with Gasteiger partial charge < -0.3 is 5.11 Å². The molecule has 0 amide bonds. The molecule has 0 aliphatic heterocycles. The minimum Gasteiger partial charge on any atom is -0.507 e. The fourth-order valence-corrected chi connectivity index (χ4v) is 3.12. The summed E-state index contributed by atoms with van der Waals surface area (Å²) in [5.74, 6) is 0.160. The van der Waals surface area contributed by atoms with Gasteiger partial charge in [0.1, 0.15) is 11.4 Å². The van der Waals surface area contributed by atoms with Crippen LogP contribution in [0.4, 0.5) is 0 Å². The van der Waals surface area contributed by atoms with Crippen LogP contribution in [0.25, 0.3) is 11.1 Å². The lowest BCUT2D eigenvalue weighted by molar-refractivity contribution is 0.101. The normalized spacial score (nSPS) is 13.4. The van der Waals surface area contributed by atoms with Crippen molar-refractivity contribution >= 4 is 32.9 Å². The zero-order valence-electron chi connectivity index (χ0n) is 14.8. The van der Waals surface area contributed by atoms with Crippen molar-refractivity contribution in [2.75, 3.05) is 0 Å². The number of halogens is 1. The summed E-state index contributed by atoms with van der Waals surface area (Å²) in [4.78, 5) is 20.0. The molecule has 25 heavy (non-hydrogen) atoms. The molecule has 0 atom stereocenters. The minimum atomic E-state index is -0.0974. The van der Waals surface area contributed by atoms with Gasteiger partial charge in [0.05, 0.1) is 18.1 Å². The first-order chi connectivity index (χ1) is 12.0. The fraction of sp³-hybridized carbons (Fsp3) is 0.350. The molecule has 1 aromatic heterocycles. The third-order valence-electron chi connectivity index (χ3n) is 3.81. The van der Waals surface area contributed by atoms with E-state index in [4.69, 9.17) is 0 Å². The first-order valence-electron chi connectivity index (χ1n) is 8.52. The van der Waals surface area contributed by atoms with Gasteiger partial charge in [0.25, 0.3) is 0 Å². The van der Waals surface area contributed by atoms with Gasteiger partial charge in [-0.3, -0.25) is 9.78 Å². The number of rotatable bonds is 3. The Morgan fingerprint density at radius 3 is 2.56 bits per heavy atom. The van der Waals surface area contributed by atoms with Gasteiger partial charge in [-0.05, 0) is 48.6 Å². The average Bonchev–Trinajstić information content (AvgIpc) is 3.07. The van der Waals surface area contributed by atoms with Gasteiger partial charge in [-0.25, -0.2) is 4.98 Å². The van der Waals surface area contributed by atoms with E-state index < -0.39 is 0 Å². The molecule has 0 radical (unpaired) electrons. The van der Waals surface area contributed by atoms with Crippen LogP contribution in [0.1, 0.15) is 68.2 Å². The summed E-state index contributed by atoms with van der Waals surface area (Å²) >= 11 is 3.44. The van der Waals surface area contributed by atoms with Crippen LogP contribution < -0.4 is 0 Å². The molecule has 2 aromatic rings. The third-order valence-corrected chi connectivity index (χ3v) is 4.30. The molecule has 3 rings (SSSR count). The Morgan fingerprint density at radius 2 is 1.88 bits per heavy atom. The number of hydrogen-bond donors (Lipinski definition) is 1. The highest BCUT2D eigenvalue weighted by atomic mass is 79.9. The summed E-state index contributed by atoms with van der Waals surface area (Å²) in [6.07, 6.45) is 7.17. The lowest BCUT2D eigenvalue weighted by Crippen LogP contribution is -2.01. The highest BCUT2D eigenvalue weighted by molar-refractivity contribution is 9.10. The smallest absolute Gasteiger partial charge is 0.179 e. The maximum Gasteiger partial charge on any atom is 0.179 e. The Balaban J connectivity index is 0.000000701. The van der Waals surface area contributed by atoms with Gasteiger partial charge in [0, 0.05) is 17.0 Å². The SMILES string of the molecule is CC(=O)c1cncc(C2=C(c3cc(Br)ccc3O)CCC2)n1.CCC. The topological polar surface area (TPSA) is 63.1 Å². The van der Waals surface area contributed by atoms with E-state index in [1.54, 1.807) is 12.3 Å². The van der Waals surface area contributed by atoms with Crippen LogP contribution >= 0.6 is 15.9 Å². The summed E-state index contributed by atoms with van der Waals surface area (Å²) in [6.45, 7) is 5.73.